The van der Waals surface area contributed by atoms with Crippen LogP contribution >= 0.6 is 0 Å². The molecule has 1 aromatic carbocycles. The predicted octanol–water partition coefficient (Wildman–Crippen LogP) is 4.36. The van der Waals surface area contributed by atoms with E-state index in [9.17, 15) is 4.79 Å². The van der Waals surface area contributed by atoms with E-state index in [4.69, 9.17) is 14.0 Å². The molecule has 0 amide bonds. The molecule has 0 aliphatic rings. The molecule has 0 aliphatic carbocycles. The lowest BCUT2D eigenvalue weighted by molar-refractivity contribution is -0.150. The van der Waals surface area contributed by atoms with Gasteiger partial charge in [-0.05, 0) is 51.1 Å². The second kappa shape index (κ2) is 8.04. The van der Waals surface area contributed by atoms with E-state index in [0.717, 1.165) is 5.56 Å². The number of benzene rings is 1. The molecule has 0 N–H and O–H groups in total. The molecule has 7 nitrogen and oxygen atoms in total. The fraction of sp³-hybridized carbons (Fsp3) is 0.238. The van der Waals surface area contributed by atoms with Crippen molar-refractivity contribution in [1.29, 1.82) is 0 Å². The number of carbonyl (C=O) groups is 1. The van der Waals surface area contributed by atoms with E-state index >= 15 is 0 Å². The first kappa shape index (κ1) is 19.3. The van der Waals surface area contributed by atoms with E-state index in [0.29, 0.717) is 23.3 Å². The van der Waals surface area contributed by atoms with Gasteiger partial charge in [-0.15, -0.1) is 0 Å². The third-order valence-corrected chi connectivity index (χ3v) is 3.49. The van der Waals surface area contributed by atoms with Gasteiger partial charge in [-0.1, -0.05) is 17.8 Å². The van der Waals surface area contributed by atoms with Gasteiger partial charge in [0, 0.05) is 23.4 Å². The molecule has 2 aromatic heterocycles. The number of hydrogen-bond acceptors (Lipinski definition) is 7. The van der Waals surface area contributed by atoms with Gasteiger partial charge >= 0.3 is 5.97 Å². The molecule has 28 heavy (non-hydrogen) atoms. The summed E-state index contributed by atoms with van der Waals surface area (Å²) < 4.78 is 16.2. The van der Waals surface area contributed by atoms with E-state index in [2.05, 4.69) is 21.7 Å². The van der Waals surface area contributed by atoms with Gasteiger partial charge in [0.15, 0.2) is 0 Å². The largest absolute Gasteiger partial charge is 0.457 e. The Morgan fingerprint density at radius 2 is 1.89 bits per heavy atom. The Morgan fingerprint density at radius 3 is 2.54 bits per heavy atom. The van der Waals surface area contributed by atoms with Crippen LogP contribution in [0.3, 0.4) is 0 Å². The van der Waals surface area contributed by atoms with E-state index in [1.165, 1.54) is 0 Å². The molecule has 0 aliphatic heterocycles. The van der Waals surface area contributed by atoms with Crippen molar-refractivity contribution in [2.75, 3.05) is 0 Å². The van der Waals surface area contributed by atoms with Gasteiger partial charge in [0.25, 0.3) is 0 Å². The van der Waals surface area contributed by atoms with Crippen molar-refractivity contribution in [3.63, 3.8) is 0 Å². The normalized spacial score (nSPS) is 11.1. The molecule has 0 radical (unpaired) electrons. The molecule has 0 spiro atoms. The Bertz CT molecular complexity index is 957. The van der Waals surface area contributed by atoms with E-state index in [1.807, 2.05) is 24.3 Å². The molecule has 0 atom stereocenters. The highest BCUT2D eigenvalue weighted by atomic mass is 16.6. The summed E-state index contributed by atoms with van der Waals surface area (Å²) in [6.07, 6.45) is 1.79. The summed E-state index contributed by atoms with van der Waals surface area (Å²) in [7, 11) is 0. The second-order valence-corrected chi connectivity index (χ2v) is 7.09. The van der Waals surface area contributed by atoms with Crippen LogP contribution in [-0.2, 0) is 16.0 Å². The van der Waals surface area contributed by atoms with Gasteiger partial charge in [0.05, 0.1) is 6.42 Å². The molecule has 7 heteroatoms. The minimum atomic E-state index is -0.584. The van der Waals surface area contributed by atoms with Crippen LogP contribution < -0.4 is 4.74 Å². The van der Waals surface area contributed by atoms with Crippen LogP contribution in [0.25, 0.3) is 11.4 Å². The standard InChI is InChI=1S/C21H21N3O4/c1-14(20(25)27-21(2,3)4)13-18-23-19(24-28-18)15-8-10-16(11-9-15)26-17-7-5-6-12-22-17/h5-12H,1,13H2,2-4H3. The molecule has 0 bridgehead atoms. The van der Waals surface area contributed by atoms with Crippen molar-refractivity contribution in [1.82, 2.24) is 15.1 Å². The third kappa shape index (κ3) is 5.26. The Labute approximate surface area is 163 Å². The molecule has 3 aromatic rings. The van der Waals surface area contributed by atoms with Crippen LogP contribution in [0.1, 0.15) is 26.7 Å². The highest BCUT2D eigenvalue weighted by Gasteiger charge is 2.20. The number of rotatable bonds is 6. The lowest BCUT2D eigenvalue weighted by Gasteiger charge is -2.19. The number of aromatic nitrogens is 3. The average molecular weight is 379 g/mol. The number of nitrogens with zero attached hydrogens (tertiary/aromatic N) is 3. The summed E-state index contributed by atoms with van der Waals surface area (Å²) in [5.41, 5.74) is 0.425. The van der Waals surface area contributed by atoms with Crippen molar-refractivity contribution in [3.8, 4) is 23.0 Å². The predicted molar refractivity (Wildman–Crippen MR) is 103 cm³/mol. The van der Waals surface area contributed by atoms with E-state index in [1.54, 1.807) is 45.2 Å². The zero-order chi connectivity index (χ0) is 20.1. The van der Waals surface area contributed by atoms with Crippen molar-refractivity contribution in [2.45, 2.75) is 32.8 Å². The van der Waals surface area contributed by atoms with Gasteiger partial charge in [-0.2, -0.15) is 4.98 Å². The Morgan fingerprint density at radius 1 is 1.14 bits per heavy atom. The molecular formula is C21H21N3O4. The number of esters is 1. The summed E-state index contributed by atoms with van der Waals surface area (Å²) in [6, 6.07) is 12.7. The monoisotopic (exact) mass is 379 g/mol. The van der Waals surface area contributed by atoms with Crippen molar-refractivity contribution < 1.29 is 18.8 Å². The quantitative estimate of drug-likeness (QED) is 0.464. The molecule has 0 saturated carbocycles. The highest BCUT2D eigenvalue weighted by Crippen LogP contribution is 2.23. The maximum atomic E-state index is 12.0. The van der Waals surface area contributed by atoms with Gasteiger partial charge < -0.3 is 14.0 Å². The zero-order valence-corrected chi connectivity index (χ0v) is 16.0. The fourth-order valence-corrected chi connectivity index (χ4v) is 2.25. The summed E-state index contributed by atoms with van der Waals surface area (Å²) >= 11 is 0. The SMILES string of the molecule is C=C(Cc1nc(-c2ccc(Oc3ccccn3)cc2)no1)C(=O)OC(C)(C)C. The first-order valence-corrected chi connectivity index (χ1v) is 8.73. The Hall–Kier alpha value is -3.48. The Balaban J connectivity index is 1.63. The number of pyridine rings is 1. The second-order valence-electron chi connectivity index (χ2n) is 7.09. The summed E-state index contributed by atoms with van der Waals surface area (Å²) in [5, 5.41) is 3.95. The van der Waals surface area contributed by atoms with Gasteiger partial charge in [-0.25, -0.2) is 9.78 Å². The van der Waals surface area contributed by atoms with Crippen LogP contribution in [-0.4, -0.2) is 26.7 Å². The average Bonchev–Trinajstić information content (AvgIpc) is 3.10. The number of hydrogen-bond donors (Lipinski definition) is 0. The highest BCUT2D eigenvalue weighted by molar-refractivity contribution is 5.88. The van der Waals surface area contributed by atoms with Crippen LogP contribution in [0.2, 0.25) is 0 Å². The maximum Gasteiger partial charge on any atom is 0.334 e. The number of carbonyl (C=O) groups excluding carboxylic acids is 1. The molecule has 0 unspecified atom stereocenters. The van der Waals surface area contributed by atoms with Crippen molar-refractivity contribution in [3.05, 3.63) is 66.7 Å². The van der Waals surface area contributed by atoms with Crippen LogP contribution in [0.4, 0.5) is 0 Å². The fourth-order valence-electron chi connectivity index (χ4n) is 2.25. The molecular weight excluding hydrogens is 358 g/mol. The molecule has 0 fully saturated rings. The summed E-state index contributed by atoms with van der Waals surface area (Å²) in [4.78, 5) is 20.4. The van der Waals surface area contributed by atoms with Crippen molar-refractivity contribution in [2.24, 2.45) is 0 Å². The lowest BCUT2D eigenvalue weighted by atomic mass is 10.1. The molecule has 144 valence electrons. The third-order valence-electron chi connectivity index (χ3n) is 3.49. The van der Waals surface area contributed by atoms with Crippen LogP contribution in [0.15, 0.2) is 65.3 Å². The van der Waals surface area contributed by atoms with Crippen LogP contribution in [0, 0.1) is 0 Å². The van der Waals surface area contributed by atoms with Crippen LogP contribution in [0.5, 0.6) is 11.6 Å². The summed E-state index contributed by atoms with van der Waals surface area (Å²) in [6.45, 7) is 9.13. The van der Waals surface area contributed by atoms with Gasteiger partial charge in [0.1, 0.15) is 11.4 Å². The lowest BCUT2D eigenvalue weighted by Crippen LogP contribution is -2.25. The van der Waals surface area contributed by atoms with Crippen molar-refractivity contribution >= 4 is 5.97 Å². The molecule has 3 rings (SSSR count). The Kier molecular flexibility index (Phi) is 5.54. The maximum absolute atomic E-state index is 12.0. The topological polar surface area (TPSA) is 87.3 Å². The van der Waals surface area contributed by atoms with Gasteiger partial charge in [-0.3, -0.25) is 0 Å². The minimum absolute atomic E-state index is 0.128. The smallest absolute Gasteiger partial charge is 0.334 e. The molecule has 2 heterocycles. The zero-order valence-electron chi connectivity index (χ0n) is 16.0. The first-order chi connectivity index (χ1) is 13.3. The summed E-state index contributed by atoms with van der Waals surface area (Å²) in [5.74, 6) is 1.38. The van der Waals surface area contributed by atoms with Gasteiger partial charge in [0.2, 0.25) is 17.6 Å². The van der Waals surface area contributed by atoms with E-state index in [-0.39, 0.29) is 12.0 Å². The minimum Gasteiger partial charge on any atom is -0.457 e. The molecule has 0 saturated heterocycles. The van der Waals surface area contributed by atoms with E-state index < -0.39 is 11.6 Å². The number of ether oxygens (including phenoxy) is 2. The first-order valence-electron chi connectivity index (χ1n) is 8.73.